The standard InChI is InChI=1S/C26H30N4O5S/c1-16-23(17(2)29-22(28-16)12-5-4-8-18-9-6-10-19(31)14-18)25(33)30-20(26(34)35-3)15-27-24(32)21-11-7-13-36-21/h6-7,9-11,13-14,20,31H,4-5,8,12,15H2,1-3H3,(H,27,32)(H,30,33)/t20-/m0/s1. The van der Waals surface area contributed by atoms with E-state index < -0.39 is 17.9 Å². The van der Waals surface area contributed by atoms with Gasteiger partial charge in [0.25, 0.3) is 11.8 Å². The number of aromatic nitrogens is 2. The summed E-state index contributed by atoms with van der Waals surface area (Å²) < 4.78 is 4.80. The molecule has 0 aliphatic rings. The quantitative estimate of drug-likeness (QED) is 0.267. The number of phenolic OH excluding ortho intramolecular Hbond substituents is 1. The number of methoxy groups -OCH3 is 1. The molecular formula is C26H30N4O5S. The Labute approximate surface area is 213 Å². The fraction of sp³-hybridized carbons (Fsp3) is 0.346. The van der Waals surface area contributed by atoms with Gasteiger partial charge in [0.15, 0.2) is 0 Å². The number of phenols is 1. The number of hydrogen-bond donors (Lipinski definition) is 3. The van der Waals surface area contributed by atoms with Crippen LogP contribution in [-0.2, 0) is 22.4 Å². The molecule has 190 valence electrons. The molecule has 1 aromatic carbocycles. The zero-order valence-corrected chi connectivity index (χ0v) is 21.4. The molecule has 2 aromatic heterocycles. The third-order valence-electron chi connectivity index (χ3n) is 5.57. The Morgan fingerprint density at radius 3 is 2.39 bits per heavy atom. The average Bonchev–Trinajstić information content (AvgIpc) is 3.38. The molecule has 3 rings (SSSR count). The van der Waals surface area contributed by atoms with Crippen molar-refractivity contribution in [3.63, 3.8) is 0 Å². The van der Waals surface area contributed by atoms with Gasteiger partial charge < -0.3 is 20.5 Å². The van der Waals surface area contributed by atoms with Crippen LogP contribution in [0.25, 0.3) is 0 Å². The Kier molecular flexibility index (Phi) is 9.52. The van der Waals surface area contributed by atoms with Crippen molar-refractivity contribution in [2.75, 3.05) is 13.7 Å². The van der Waals surface area contributed by atoms with E-state index in [9.17, 15) is 19.5 Å². The number of ether oxygens (including phenoxy) is 1. The van der Waals surface area contributed by atoms with E-state index in [2.05, 4.69) is 20.6 Å². The summed E-state index contributed by atoms with van der Waals surface area (Å²) in [6.45, 7) is 3.34. The minimum absolute atomic E-state index is 0.120. The number of aromatic hydroxyl groups is 1. The summed E-state index contributed by atoms with van der Waals surface area (Å²) in [4.78, 5) is 47.0. The maximum absolute atomic E-state index is 13.0. The second-order valence-corrected chi connectivity index (χ2v) is 9.25. The van der Waals surface area contributed by atoms with Crippen molar-refractivity contribution >= 4 is 29.1 Å². The van der Waals surface area contributed by atoms with Crippen LogP contribution in [0.15, 0.2) is 41.8 Å². The molecule has 3 aromatic rings. The van der Waals surface area contributed by atoms with Crippen LogP contribution >= 0.6 is 11.3 Å². The van der Waals surface area contributed by atoms with Crippen molar-refractivity contribution in [2.24, 2.45) is 0 Å². The number of rotatable bonds is 11. The number of aryl methyl sites for hydroxylation is 4. The van der Waals surface area contributed by atoms with Crippen LogP contribution in [0.5, 0.6) is 5.75 Å². The minimum atomic E-state index is -1.07. The lowest BCUT2D eigenvalue weighted by Crippen LogP contribution is -2.49. The molecule has 0 unspecified atom stereocenters. The Bertz CT molecular complexity index is 1190. The number of nitrogens with one attached hydrogen (secondary N) is 2. The van der Waals surface area contributed by atoms with Gasteiger partial charge in [-0.3, -0.25) is 9.59 Å². The van der Waals surface area contributed by atoms with E-state index in [1.807, 2.05) is 12.1 Å². The number of esters is 1. The normalized spacial score (nSPS) is 11.5. The average molecular weight is 511 g/mol. The van der Waals surface area contributed by atoms with Crippen molar-refractivity contribution in [3.05, 3.63) is 75.0 Å². The van der Waals surface area contributed by atoms with E-state index >= 15 is 0 Å². The summed E-state index contributed by atoms with van der Waals surface area (Å²) >= 11 is 1.28. The molecule has 2 heterocycles. The zero-order chi connectivity index (χ0) is 26.1. The van der Waals surface area contributed by atoms with Crippen molar-refractivity contribution in [2.45, 2.75) is 45.6 Å². The third-order valence-corrected chi connectivity index (χ3v) is 6.44. The summed E-state index contributed by atoms with van der Waals surface area (Å²) in [5.41, 5.74) is 2.38. The van der Waals surface area contributed by atoms with Gasteiger partial charge in [-0.15, -0.1) is 11.3 Å². The second-order valence-electron chi connectivity index (χ2n) is 8.30. The first kappa shape index (κ1) is 26.8. The topological polar surface area (TPSA) is 131 Å². The van der Waals surface area contributed by atoms with Crippen LogP contribution in [0, 0.1) is 13.8 Å². The summed E-state index contributed by atoms with van der Waals surface area (Å²) in [6.07, 6.45) is 3.26. The van der Waals surface area contributed by atoms with Gasteiger partial charge in [-0.1, -0.05) is 18.2 Å². The lowest BCUT2D eigenvalue weighted by molar-refractivity contribution is -0.142. The number of carbonyl (C=O) groups excluding carboxylic acids is 3. The molecule has 3 N–H and O–H groups in total. The highest BCUT2D eigenvalue weighted by Crippen LogP contribution is 2.15. The van der Waals surface area contributed by atoms with Gasteiger partial charge >= 0.3 is 5.97 Å². The SMILES string of the molecule is COC(=O)[C@H](CNC(=O)c1cccs1)NC(=O)c1c(C)nc(CCCCc2cccc(O)c2)nc1C. The van der Waals surface area contributed by atoms with Crippen molar-refractivity contribution < 1.29 is 24.2 Å². The molecule has 0 saturated carbocycles. The van der Waals surface area contributed by atoms with Crippen LogP contribution in [0.2, 0.25) is 0 Å². The Balaban J connectivity index is 1.59. The maximum atomic E-state index is 13.0. The van der Waals surface area contributed by atoms with Gasteiger partial charge in [0.05, 0.1) is 28.9 Å². The first-order valence-electron chi connectivity index (χ1n) is 11.6. The maximum Gasteiger partial charge on any atom is 0.330 e. The molecule has 10 heteroatoms. The number of amides is 2. The highest BCUT2D eigenvalue weighted by atomic mass is 32.1. The molecule has 0 spiro atoms. The minimum Gasteiger partial charge on any atom is -0.508 e. The number of hydrogen-bond acceptors (Lipinski definition) is 8. The fourth-order valence-electron chi connectivity index (χ4n) is 3.81. The lowest BCUT2D eigenvalue weighted by atomic mass is 10.1. The first-order valence-corrected chi connectivity index (χ1v) is 12.5. The number of thiophene rings is 1. The molecule has 9 nitrogen and oxygen atoms in total. The van der Waals surface area contributed by atoms with Gasteiger partial charge in [-0.2, -0.15) is 0 Å². The van der Waals surface area contributed by atoms with E-state index in [4.69, 9.17) is 4.74 Å². The summed E-state index contributed by atoms with van der Waals surface area (Å²) in [7, 11) is 1.22. The van der Waals surface area contributed by atoms with Gasteiger partial charge in [0.1, 0.15) is 17.6 Å². The van der Waals surface area contributed by atoms with Gasteiger partial charge in [0, 0.05) is 13.0 Å². The molecule has 0 aliphatic heterocycles. The molecule has 1 atom stereocenters. The zero-order valence-electron chi connectivity index (χ0n) is 20.5. The Morgan fingerprint density at radius 1 is 1.03 bits per heavy atom. The van der Waals surface area contributed by atoms with Crippen LogP contribution in [0.3, 0.4) is 0 Å². The third kappa shape index (κ3) is 7.35. The largest absolute Gasteiger partial charge is 0.508 e. The molecule has 36 heavy (non-hydrogen) atoms. The lowest BCUT2D eigenvalue weighted by Gasteiger charge is -2.18. The molecule has 0 bridgehead atoms. The molecule has 0 radical (unpaired) electrons. The molecule has 0 aliphatic carbocycles. The fourth-order valence-corrected chi connectivity index (χ4v) is 4.45. The Morgan fingerprint density at radius 2 is 1.75 bits per heavy atom. The Hall–Kier alpha value is -3.79. The highest BCUT2D eigenvalue weighted by Gasteiger charge is 2.25. The molecular weight excluding hydrogens is 480 g/mol. The highest BCUT2D eigenvalue weighted by molar-refractivity contribution is 7.12. The molecule has 0 fully saturated rings. The van der Waals surface area contributed by atoms with Gasteiger partial charge in [0.2, 0.25) is 0 Å². The monoisotopic (exact) mass is 510 g/mol. The first-order chi connectivity index (χ1) is 17.3. The van der Waals surface area contributed by atoms with E-state index in [1.54, 1.807) is 43.5 Å². The van der Waals surface area contributed by atoms with Crippen LogP contribution in [0.4, 0.5) is 0 Å². The smallest absolute Gasteiger partial charge is 0.330 e. The van der Waals surface area contributed by atoms with Gasteiger partial charge in [-0.25, -0.2) is 14.8 Å². The van der Waals surface area contributed by atoms with E-state index in [0.29, 0.717) is 28.5 Å². The summed E-state index contributed by atoms with van der Waals surface area (Å²) in [6, 6.07) is 9.57. The molecule has 0 saturated heterocycles. The summed E-state index contributed by atoms with van der Waals surface area (Å²) in [5, 5.41) is 16.6. The number of nitrogens with zero attached hydrogens (tertiary/aromatic N) is 2. The van der Waals surface area contributed by atoms with Crippen LogP contribution in [0.1, 0.15) is 55.6 Å². The number of unbranched alkanes of at least 4 members (excludes halogenated alkanes) is 1. The van der Waals surface area contributed by atoms with Crippen LogP contribution in [-0.4, -0.2) is 52.6 Å². The van der Waals surface area contributed by atoms with Crippen molar-refractivity contribution in [1.82, 2.24) is 20.6 Å². The van der Waals surface area contributed by atoms with Crippen molar-refractivity contribution in [1.29, 1.82) is 0 Å². The van der Waals surface area contributed by atoms with Crippen molar-refractivity contribution in [3.8, 4) is 5.75 Å². The summed E-state index contributed by atoms with van der Waals surface area (Å²) in [5.74, 6) is -0.617. The van der Waals surface area contributed by atoms with E-state index in [-0.39, 0.29) is 23.8 Å². The van der Waals surface area contributed by atoms with E-state index in [1.165, 1.54) is 18.4 Å². The van der Waals surface area contributed by atoms with E-state index in [0.717, 1.165) is 24.8 Å². The van der Waals surface area contributed by atoms with Crippen LogP contribution < -0.4 is 10.6 Å². The molecule has 2 amide bonds. The predicted molar refractivity (Wildman–Crippen MR) is 136 cm³/mol. The number of benzene rings is 1. The number of carbonyl (C=O) groups is 3. The van der Waals surface area contributed by atoms with Gasteiger partial charge in [-0.05, 0) is 62.3 Å². The predicted octanol–water partition coefficient (Wildman–Crippen LogP) is 3.13. The second kappa shape index (κ2) is 12.8.